The molecule has 3 rings (SSSR count). The van der Waals surface area contributed by atoms with E-state index in [1.807, 2.05) is 78.9 Å². The summed E-state index contributed by atoms with van der Waals surface area (Å²) in [5, 5.41) is 9.08. The Kier molecular flexibility index (Phi) is 9.15. The molecule has 0 saturated heterocycles. The van der Waals surface area contributed by atoms with Crippen molar-refractivity contribution in [2.24, 2.45) is 0 Å². The molecule has 0 aromatic heterocycles. The number of hydrogen-bond acceptors (Lipinski definition) is 5. The third kappa shape index (κ3) is 7.44. The normalized spacial score (nSPS) is 11.6. The highest BCUT2D eigenvalue weighted by molar-refractivity contribution is 5.69. The lowest BCUT2D eigenvalue weighted by molar-refractivity contribution is -0.137. The average Bonchev–Trinajstić information content (AvgIpc) is 2.86. The molecule has 0 bridgehead atoms. The van der Waals surface area contributed by atoms with Crippen LogP contribution in [0.1, 0.15) is 36.0 Å². The molecular formula is C28H27NO5. The minimum atomic E-state index is -0.873. The number of carboxylic acid groups (broad SMARTS) is 1. The molecule has 6 nitrogen and oxygen atoms in total. The second kappa shape index (κ2) is 12.7. The molecule has 0 aliphatic heterocycles. The molecule has 0 aliphatic carbocycles. The number of hydrogen-bond donors (Lipinski definition) is 2. The second-order valence-electron chi connectivity index (χ2n) is 7.37. The van der Waals surface area contributed by atoms with Crippen molar-refractivity contribution in [3.63, 3.8) is 0 Å². The standard InChI is InChI=1S/C28H27NO5/c1-3-7-24(18-28(30)31)22-12-16-26(17-13-22)33-19-21-10-14-25(15-11-21)34-20-27(29-32-2)23-8-5-4-6-9-23/h4-6,8-17,20,24,29H,18-19H2,1-2H3,(H,30,31). The maximum Gasteiger partial charge on any atom is 0.304 e. The first-order chi connectivity index (χ1) is 16.6. The Hall–Kier alpha value is -4.21. The van der Waals surface area contributed by atoms with Gasteiger partial charge in [-0.1, -0.05) is 60.5 Å². The molecule has 0 heterocycles. The molecule has 34 heavy (non-hydrogen) atoms. The highest BCUT2D eigenvalue weighted by Gasteiger charge is 2.13. The Morgan fingerprint density at radius 2 is 1.68 bits per heavy atom. The van der Waals surface area contributed by atoms with Gasteiger partial charge in [0.1, 0.15) is 30.1 Å². The second-order valence-corrected chi connectivity index (χ2v) is 7.37. The van der Waals surface area contributed by atoms with Gasteiger partial charge in [-0.2, -0.15) is 0 Å². The van der Waals surface area contributed by atoms with Crippen LogP contribution in [0.4, 0.5) is 0 Å². The van der Waals surface area contributed by atoms with Gasteiger partial charge in [0.25, 0.3) is 0 Å². The predicted octanol–water partition coefficient (Wildman–Crippen LogP) is 5.38. The van der Waals surface area contributed by atoms with Gasteiger partial charge in [-0.05, 0) is 42.3 Å². The molecule has 0 fully saturated rings. The van der Waals surface area contributed by atoms with Crippen LogP contribution in [0.25, 0.3) is 5.70 Å². The number of carboxylic acids is 1. The van der Waals surface area contributed by atoms with Gasteiger partial charge in [0.05, 0.1) is 19.4 Å². The van der Waals surface area contributed by atoms with E-state index in [-0.39, 0.29) is 12.3 Å². The van der Waals surface area contributed by atoms with E-state index in [9.17, 15) is 4.79 Å². The highest BCUT2D eigenvalue weighted by atomic mass is 16.6. The van der Waals surface area contributed by atoms with Gasteiger partial charge in [0.15, 0.2) is 0 Å². The zero-order valence-corrected chi connectivity index (χ0v) is 19.2. The zero-order valence-electron chi connectivity index (χ0n) is 19.2. The molecule has 3 aromatic rings. The van der Waals surface area contributed by atoms with E-state index >= 15 is 0 Å². The minimum absolute atomic E-state index is 0.0287. The Balaban J connectivity index is 1.57. The summed E-state index contributed by atoms with van der Waals surface area (Å²) in [6.45, 7) is 2.10. The summed E-state index contributed by atoms with van der Waals surface area (Å²) in [4.78, 5) is 16.1. The smallest absolute Gasteiger partial charge is 0.304 e. The Morgan fingerprint density at radius 1 is 1.00 bits per heavy atom. The van der Waals surface area contributed by atoms with E-state index in [0.29, 0.717) is 23.8 Å². The van der Waals surface area contributed by atoms with Crippen molar-refractivity contribution in [1.82, 2.24) is 5.48 Å². The molecule has 0 spiro atoms. The number of aliphatic carboxylic acids is 1. The van der Waals surface area contributed by atoms with Gasteiger partial charge in [-0.3, -0.25) is 15.1 Å². The number of carbonyl (C=O) groups is 1. The fourth-order valence-corrected chi connectivity index (χ4v) is 3.23. The van der Waals surface area contributed by atoms with Crippen LogP contribution in [0.2, 0.25) is 0 Å². The first-order valence-electron chi connectivity index (χ1n) is 10.8. The van der Waals surface area contributed by atoms with Gasteiger partial charge in [0, 0.05) is 5.56 Å². The molecule has 0 aliphatic rings. The molecule has 0 radical (unpaired) electrons. The molecule has 174 valence electrons. The Bertz CT molecular complexity index is 1140. The van der Waals surface area contributed by atoms with Crippen LogP contribution in [-0.2, 0) is 16.2 Å². The lowest BCUT2D eigenvalue weighted by Gasteiger charge is -2.11. The average molecular weight is 458 g/mol. The number of rotatable bonds is 11. The lowest BCUT2D eigenvalue weighted by Crippen LogP contribution is -2.11. The first-order valence-corrected chi connectivity index (χ1v) is 10.8. The van der Waals surface area contributed by atoms with Gasteiger partial charge in [-0.15, -0.1) is 5.92 Å². The number of benzene rings is 3. The van der Waals surface area contributed by atoms with Crippen LogP contribution in [0, 0.1) is 11.8 Å². The van der Waals surface area contributed by atoms with Crippen LogP contribution < -0.4 is 15.0 Å². The van der Waals surface area contributed by atoms with Crippen LogP contribution in [0.15, 0.2) is 85.1 Å². The number of hydroxylamine groups is 1. The van der Waals surface area contributed by atoms with Gasteiger partial charge < -0.3 is 14.6 Å². The van der Waals surface area contributed by atoms with E-state index in [1.54, 1.807) is 20.3 Å². The summed E-state index contributed by atoms with van der Waals surface area (Å²) in [6.07, 6.45) is 1.57. The summed E-state index contributed by atoms with van der Waals surface area (Å²) in [7, 11) is 1.55. The molecular weight excluding hydrogens is 430 g/mol. The molecule has 2 N–H and O–H groups in total. The summed E-state index contributed by atoms with van der Waals surface area (Å²) in [5.74, 6) is 5.92. The SMILES string of the molecule is CC#CC(CC(=O)O)c1ccc(OCc2ccc(OC=C(NOC)c3ccccc3)cc2)cc1. The summed E-state index contributed by atoms with van der Waals surface area (Å²) in [5.41, 5.74) is 6.31. The van der Waals surface area contributed by atoms with E-state index in [0.717, 1.165) is 16.7 Å². The fourth-order valence-electron chi connectivity index (χ4n) is 3.23. The van der Waals surface area contributed by atoms with Crippen LogP contribution >= 0.6 is 0 Å². The molecule has 6 heteroatoms. The quantitative estimate of drug-likeness (QED) is 0.229. The van der Waals surface area contributed by atoms with Crippen molar-refractivity contribution in [2.45, 2.75) is 25.9 Å². The minimum Gasteiger partial charge on any atom is -0.489 e. The summed E-state index contributed by atoms with van der Waals surface area (Å²) >= 11 is 0. The fraction of sp³-hybridized carbons (Fsp3) is 0.179. The van der Waals surface area contributed by atoms with E-state index in [2.05, 4.69) is 17.3 Å². The topological polar surface area (TPSA) is 77.0 Å². The van der Waals surface area contributed by atoms with Crippen LogP contribution in [0.5, 0.6) is 11.5 Å². The molecule has 1 atom stereocenters. The zero-order chi connectivity index (χ0) is 24.2. The van der Waals surface area contributed by atoms with E-state index in [1.165, 1.54) is 0 Å². The predicted molar refractivity (Wildman–Crippen MR) is 131 cm³/mol. The van der Waals surface area contributed by atoms with Gasteiger partial charge in [0.2, 0.25) is 0 Å². The lowest BCUT2D eigenvalue weighted by atomic mass is 9.96. The van der Waals surface area contributed by atoms with Crippen molar-refractivity contribution in [1.29, 1.82) is 0 Å². The van der Waals surface area contributed by atoms with Crippen molar-refractivity contribution < 1.29 is 24.2 Å². The first kappa shape index (κ1) is 24.4. The molecule has 1 unspecified atom stereocenters. The number of ether oxygens (including phenoxy) is 2. The van der Waals surface area contributed by atoms with Crippen molar-refractivity contribution in [3.05, 3.63) is 102 Å². The Labute approximate surface area is 199 Å². The van der Waals surface area contributed by atoms with E-state index in [4.69, 9.17) is 19.4 Å². The summed E-state index contributed by atoms with van der Waals surface area (Å²) in [6, 6.07) is 24.7. The molecule has 0 amide bonds. The van der Waals surface area contributed by atoms with Gasteiger partial charge in [-0.25, -0.2) is 0 Å². The monoisotopic (exact) mass is 457 g/mol. The largest absolute Gasteiger partial charge is 0.489 e. The molecule has 0 saturated carbocycles. The van der Waals surface area contributed by atoms with Crippen LogP contribution in [0.3, 0.4) is 0 Å². The summed E-state index contributed by atoms with van der Waals surface area (Å²) < 4.78 is 11.6. The van der Waals surface area contributed by atoms with E-state index < -0.39 is 5.97 Å². The van der Waals surface area contributed by atoms with Crippen LogP contribution in [-0.4, -0.2) is 18.2 Å². The third-order valence-corrected chi connectivity index (χ3v) is 4.92. The number of nitrogens with one attached hydrogen (secondary N) is 1. The van der Waals surface area contributed by atoms with Gasteiger partial charge >= 0.3 is 5.97 Å². The highest BCUT2D eigenvalue weighted by Crippen LogP contribution is 2.23. The van der Waals surface area contributed by atoms with Crippen molar-refractivity contribution in [3.8, 4) is 23.3 Å². The third-order valence-electron chi connectivity index (χ3n) is 4.92. The van der Waals surface area contributed by atoms with Crippen molar-refractivity contribution >= 4 is 11.7 Å². The maximum atomic E-state index is 11.1. The maximum absolute atomic E-state index is 11.1. The molecule has 3 aromatic carbocycles. The van der Waals surface area contributed by atoms with Crippen molar-refractivity contribution in [2.75, 3.05) is 7.11 Å². The Morgan fingerprint density at radius 3 is 2.29 bits per heavy atom.